The number of thiophene rings is 1. The molecule has 3 rings (SSSR count). The zero-order valence-electron chi connectivity index (χ0n) is 9.93. The van der Waals surface area contributed by atoms with Gasteiger partial charge in [0.1, 0.15) is 0 Å². The largest absolute Gasteiger partial charge is 0.338 e. The van der Waals surface area contributed by atoms with Crippen LogP contribution in [0, 0.1) is 5.92 Å². The smallest absolute Gasteiger partial charge is 0.223 e. The first-order valence-electron chi connectivity index (χ1n) is 6.07. The second-order valence-corrected chi connectivity index (χ2v) is 5.98. The Morgan fingerprint density at radius 1 is 1.39 bits per heavy atom. The van der Waals surface area contributed by atoms with E-state index in [9.17, 15) is 4.79 Å². The molecule has 1 aromatic heterocycles. The van der Waals surface area contributed by atoms with Gasteiger partial charge in [0.2, 0.25) is 5.91 Å². The number of hydrogen-bond donors (Lipinski definition) is 0. The summed E-state index contributed by atoms with van der Waals surface area (Å²) in [7, 11) is 0. The molecule has 2 nitrogen and oxygen atoms in total. The number of carbonyl (C=O) groups excluding carboxylic acids is 1. The lowest BCUT2D eigenvalue weighted by Crippen LogP contribution is -2.24. The molecule has 4 heteroatoms. The molecule has 1 aliphatic heterocycles. The Morgan fingerprint density at radius 3 is 3.00 bits per heavy atom. The van der Waals surface area contributed by atoms with Gasteiger partial charge in [-0.05, 0) is 28.3 Å². The van der Waals surface area contributed by atoms with Crippen LogP contribution in [-0.2, 0) is 11.3 Å². The van der Waals surface area contributed by atoms with Crippen LogP contribution < -0.4 is 0 Å². The van der Waals surface area contributed by atoms with Crippen LogP contribution in [-0.4, -0.2) is 23.2 Å². The number of likely N-dealkylation sites (tertiary alicyclic amines) is 1. The molecule has 1 atom stereocenters. The van der Waals surface area contributed by atoms with Gasteiger partial charge in [-0.2, -0.15) is 0 Å². The molecule has 1 saturated heterocycles. The Kier molecular flexibility index (Phi) is 3.27. The van der Waals surface area contributed by atoms with E-state index < -0.39 is 0 Å². The van der Waals surface area contributed by atoms with Crippen LogP contribution in [0.3, 0.4) is 0 Å². The van der Waals surface area contributed by atoms with E-state index in [0.717, 1.165) is 13.1 Å². The number of benzene rings is 1. The summed E-state index contributed by atoms with van der Waals surface area (Å²) in [5.41, 5.74) is 1.25. The topological polar surface area (TPSA) is 20.3 Å². The average molecular weight is 280 g/mol. The lowest BCUT2D eigenvalue weighted by molar-refractivity contribution is -0.128. The molecule has 0 radical (unpaired) electrons. The number of carbonyl (C=O) groups is 1. The third kappa shape index (κ3) is 2.13. The van der Waals surface area contributed by atoms with E-state index in [1.165, 1.54) is 15.6 Å². The molecule has 1 unspecified atom stereocenters. The Morgan fingerprint density at radius 2 is 2.22 bits per heavy atom. The minimum Gasteiger partial charge on any atom is -0.338 e. The van der Waals surface area contributed by atoms with Crippen molar-refractivity contribution >= 4 is 38.9 Å². The first-order valence-corrected chi connectivity index (χ1v) is 7.48. The summed E-state index contributed by atoms with van der Waals surface area (Å²) in [6, 6.07) is 8.34. The maximum atomic E-state index is 11.9. The summed E-state index contributed by atoms with van der Waals surface area (Å²) >= 11 is 7.58. The molecule has 1 aliphatic rings. The lowest BCUT2D eigenvalue weighted by Gasteiger charge is -2.15. The zero-order chi connectivity index (χ0) is 12.5. The fourth-order valence-corrected chi connectivity index (χ4v) is 3.63. The Balaban J connectivity index is 1.83. The van der Waals surface area contributed by atoms with Crippen LogP contribution in [0.1, 0.15) is 12.0 Å². The summed E-state index contributed by atoms with van der Waals surface area (Å²) in [5.74, 6) is 1.13. The Bertz CT molecular complexity index is 580. The van der Waals surface area contributed by atoms with Gasteiger partial charge in [0.25, 0.3) is 0 Å². The Labute approximate surface area is 115 Å². The van der Waals surface area contributed by atoms with Crippen LogP contribution >= 0.6 is 22.9 Å². The van der Waals surface area contributed by atoms with Crippen molar-refractivity contribution in [3.8, 4) is 0 Å². The summed E-state index contributed by atoms with van der Waals surface area (Å²) < 4.78 is 1.29. The molecule has 0 N–H and O–H groups in total. The van der Waals surface area contributed by atoms with Gasteiger partial charge in [-0.15, -0.1) is 22.9 Å². The van der Waals surface area contributed by atoms with Crippen molar-refractivity contribution in [2.24, 2.45) is 5.92 Å². The Hall–Kier alpha value is -1.06. The molecule has 0 aliphatic carbocycles. The molecule has 1 amide bonds. The maximum absolute atomic E-state index is 11.9. The second kappa shape index (κ2) is 4.90. The summed E-state index contributed by atoms with van der Waals surface area (Å²) in [5, 5.41) is 3.43. The van der Waals surface area contributed by atoms with E-state index in [4.69, 9.17) is 11.6 Å². The van der Waals surface area contributed by atoms with Crippen LogP contribution in [0.2, 0.25) is 0 Å². The molecule has 1 aromatic carbocycles. The first-order chi connectivity index (χ1) is 8.78. The summed E-state index contributed by atoms with van der Waals surface area (Å²) in [6.45, 7) is 1.52. The van der Waals surface area contributed by atoms with Gasteiger partial charge in [0.05, 0.1) is 0 Å². The van der Waals surface area contributed by atoms with Gasteiger partial charge < -0.3 is 4.90 Å². The van der Waals surface area contributed by atoms with Gasteiger partial charge in [-0.3, -0.25) is 4.79 Å². The van der Waals surface area contributed by atoms with E-state index in [1.54, 1.807) is 11.3 Å². The molecule has 0 spiro atoms. The van der Waals surface area contributed by atoms with Crippen LogP contribution in [0.4, 0.5) is 0 Å². The molecule has 0 saturated carbocycles. The second-order valence-electron chi connectivity index (χ2n) is 4.76. The number of rotatable bonds is 3. The molecule has 94 valence electrons. The van der Waals surface area contributed by atoms with Crippen molar-refractivity contribution in [2.75, 3.05) is 12.4 Å². The number of alkyl halides is 1. The third-order valence-corrected chi connectivity index (χ3v) is 4.88. The highest BCUT2D eigenvalue weighted by atomic mass is 35.5. The summed E-state index contributed by atoms with van der Waals surface area (Å²) in [6.07, 6.45) is 0.603. The molecule has 18 heavy (non-hydrogen) atoms. The van der Waals surface area contributed by atoms with Crippen molar-refractivity contribution in [3.63, 3.8) is 0 Å². The standard InChI is InChI=1S/C14H14ClNOS/c15-6-10-5-14(17)16(7-10)8-11-9-18-13-4-2-1-3-12(11)13/h1-4,9-10H,5-8H2. The highest BCUT2D eigenvalue weighted by molar-refractivity contribution is 7.17. The third-order valence-electron chi connectivity index (χ3n) is 3.44. The van der Waals surface area contributed by atoms with Gasteiger partial charge in [0, 0.05) is 30.1 Å². The van der Waals surface area contributed by atoms with Gasteiger partial charge in [-0.1, -0.05) is 18.2 Å². The van der Waals surface area contributed by atoms with Gasteiger partial charge in [-0.25, -0.2) is 0 Å². The fraction of sp³-hybridized carbons (Fsp3) is 0.357. The highest BCUT2D eigenvalue weighted by Gasteiger charge is 2.29. The zero-order valence-corrected chi connectivity index (χ0v) is 11.5. The quantitative estimate of drug-likeness (QED) is 0.788. The molecule has 0 bridgehead atoms. The van der Waals surface area contributed by atoms with Gasteiger partial charge in [0.15, 0.2) is 0 Å². The van der Waals surface area contributed by atoms with E-state index >= 15 is 0 Å². The van der Waals surface area contributed by atoms with Crippen molar-refractivity contribution in [1.82, 2.24) is 4.90 Å². The van der Waals surface area contributed by atoms with Crippen LogP contribution in [0.5, 0.6) is 0 Å². The summed E-state index contributed by atoms with van der Waals surface area (Å²) in [4.78, 5) is 13.8. The molecular weight excluding hydrogens is 266 g/mol. The van der Waals surface area contributed by atoms with E-state index in [1.807, 2.05) is 17.0 Å². The minimum absolute atomic E-state index is 0.232. The molecule has 1 fully saturated rings. The minimum atomic E-state index is 0.232. The van der Waals surface area contributed by atoms with Crippen molar-refractivity contribution < 1.29 is 4.79 Å². The monoisotopic (exact) mass is 279 g/mol. The fourth-order valence-electron chi connectivity index (χ4n) is 2.47. The molecule has 2 heterocycles. The van der Waals surface area contributed by atoms with E-state index in [0.29, 0.717) is 18.2 Å². The normalized spacial score (nSPS) is 19.9. The average Bonchev–Trinajstić information content (AvgIpc) is 2.95. The number of nitrogens with zero attached hydrogens (tertiary/aromatic N) is 1. The predicted molar refractivity (Wildman–Crippen MR) is 76.1 cm³/mol. The van der Waals surface area contributed by atoms with Gasteiger partial charge >= 0.3 is 0 Å². The highest BCUT2D eigenvalue weighted by Crippen LogP contribution is 2.28. The van der Waals surface area contributed by atoms with E-state index in [-0.39, 0.29) is 5.91 Å². The number of amides is 1. The SMILES string of the molecule is O=C1CC(CCl)CN1Cc1csc2ccccc12. The van der Waals surface area contributed by atoms with Crippen molar-refractivity contribution in [3.05, 3.63) is 35.2 Å². The number of halogens is 1. The lowest BCUT2D eigenvalue weighted by atomic mass is 10.1. The number of hydrogen-bond acceptors (Lipinski definition) is 2. The molecular formula is C14H14ClNOS. The predicted octanol–water partition coefficient (Wildman–Crippen LogP) is 3.49. The maximum Gasteiger partial charge on any atom is 0.223 e. The van der Waals surface area contributed by atoms with Crippen LogP contribution in [0.15, 0.2) is 29.6 Å². The van der Waals surface area contributed by atoms with Crippen molar-refractivity contribution in [2.45, 2.75) is 13.0 Å². The van der Waals surface area contributed by atoms with E-state index in [2.05, 4.69) is 17.5 Å². The number of fused-ring (bicyclic) bond motifs is 1. The van der Waals surface area contributed by atoms with Crippen LogP contribution in [0.25, 0.3) is 10.1 Å². The van der Waals surface area contributed by atoms with Crippen molar-refractivity contribution in [1.29, 1.82) is 0 Å². The molecule has 2 aromatic rings. The first kappa shape index (κ1) is 12.0.